The van der Waals surface area contributed by atoms with Crippen molar-refractivity contribution in [3.05, 3.63) is 18.1 Å². The molecule has 0 bridgehead atoms. The third-order valence-corrected chi connectivity index (χ3v) is 3.82. The van der Waals surface area contributed by atoms with Crippen LogP contribution in [0.3, 0.4) is 0 Å². The number of rotatable bonds is 5. The van der Waals surface area contributed by atoms with Crippen molar-refractivity contribution in [2.24, 2.45) is 5.92 Å². The molecule has 0 unspecified atom stereocenters. The van der Waals surface area contributed by atoms with Crippen molar-refractivity contribution in [2.75, 3.05) is 24.5 Å². The zero-order valence-corrected chi connectivity index (χ0v) is 11.5. The maximum atomic E-state index is 4.48. The first-order chi connectivity index (χ1) is 8.85. The lowest BCUT2D eigenvalue weighted by Crippen LogP contribution is -2.35. The van der Waals surface area contributed by atoms with Crippen molar-refractivity contribution in [1.29, 1.82) is 0 Å². The van der Waals surface area contributed by atoms with E-state index in [1.807, 2.05) is 6.20 Å². The Morgan fingerprint density at radius 2 is 2.11 bits per heavy atom. The number of anilines is 1. The van der Waals surface area contributed by atoms with Crippen LogP contribution in [0.15, 0.2) is 12.5 Å². The van der Waals surface area contributed by atoms with Crippen LogP contribution in [0.1, 0.15) is 38.7 Å². The quantitative estimate of drug-likeness (QED) is 0.867. The molecule has 0 aliphatic carbocycles. The molecule has 4 heteroatoms. The molecule has 1 aliphatic heterocycles. The first-order valence-electron chi connectivity index (χ1n) is 7.09. The van der Waals surface area contributed by atoms with E-state index >= 15 is 0 Å². The Balaban J connectivity index is 2.03. The van der Waals surface area contributed by atoms with Gasteiger partial charge in [-0.1, -0.05) is 20.3 Å². The van der Waals surface area contributed by atoms with Gasteiger partial charge in [0.25, 0.3) is 0 Å². The Morgan fingerprint density at radius 1 is 1.33 bits per heavy atom. The van der Waals surface area contributed by atoms with Crippen molar-refractivity contribution < 1.29 is 0 Å². The summed E-state index contributed by atoms with van der Waals surface area (Å²) >= 11 is 0. The molecule has 1 aromatic heterocycles. The SMILES string of the molecule is CCNCc1cncnc1N1CCC(CC)CC1. The predicted octanol–water partition coefficient (Wildman–Crippen LogP) is 2.21. The third-order valence-electron chi connectivity index (χ3n) is 3.82. The molecule has 1 N–H and O–H groups in total. The molecule has 2 heterocycles. The van der Waals surface area contributed by atoms with Crippen LogP contribution in [-0.2, 0) is 6.54 Å². The minimum absolute atomic E-state index is 0.861. The van der Waals surface area contributed by atoms with Crippen LogP contribution in [0, 0.1) is 5.92 Å². The van der Waals surface area contributed by atoms with E-state index in [1.165, 1.54) is 24.8 Å². The molecular formula is C14H24N4. The lowest BCUT2D eigenvalue weighted by molar-refractivity contribution is 0.393. The fraction of sp³-hybridized carbons (Fsp3) is 0.714. The second-order valence-corrected chi connectivity index (χ2v) is 4.99. The smallest absolute Gasteiger partial charge is 0.136 e. The molecule has 0 radical (unpaired) electrons. The van der Waals surface area contributed by atoms with Crippen molar-refractivity contribution in [3.8, 4) is 0 Å². The van der Waals surface area contributed by atoms with Crippen LogP contribution in [0.25, 0.3) is 0 Å². The van der Waals surface area contributed by atoms with Crippen LogP contribution in [0.5, 0.6) is 0 Å². The van der Waals surface area contributed by atoms with Crippen LogP contribution < -0.4 is 10.2 Å². The van der Waals surface area contributed by atoms with Gasteiger partial charge in [0.2, 0.25) is 0 Å². The molecule has 1 aliphatic rings. The van der Waals surface area contributed by atoms with Crippen molar-refractivity contribution >= 4 is 5.82 Å². The number of nitrogens with zero attached hydrogens (tertiary/aromatic N) is 3. The number of piperidine rings is 1. The topological polar surface area (TPSA) is 41.1 Å². The zero-order chi connectivity index (χ0) is 12.8. The van der Waals surface area contributed by atoms with Crippen LogP contribution >= 0.6 is 0 Å². The van der Waals surface area contributed by atoms with E-state index in [2.05, 4.69) is 34.0 Å². The molecular weight excluding hydrogens is 224 g/mol. The molecule has 1 saturated heterocycles. The van der Waals surface area contributed by atoms with Gasteiger partial charge in [-0.25, -0.2) is 9.97 Å². The first-order valence-corrected chi connectivity index (χ1v) is 7.09. The van der Waals surface area contributed by atoms with E-state index in [4.69, 9.17) is 0 Å². The molecule has 0 atom stereocenters. The minimum atomic E-state index is 0.861. The Morgan fingerprint density at radius 3 is 2.78 bits per heavy atom. The van der Waals surface area contributed by atoms with Gasteiger partial charge in [0.05, 0.1) is 0 Å². The highest BCUT2D eigenvalue weighted by Crippen LogP contribution is 2.25. The van der Waals surface area contributed by atoms with E-state index in [-0.39, 0.29) is 0 Å². The molecule has 2 rings (SSSR count). The standard InChI is InChI=1S/C14H24N4/c1-3-12-5-7-18(8-6-12)14-13(9-15-4-2)10-16-11-17-14/h10-12,15H,3-9H2,1-2H3. The van der Waals surface area contributed by atoms with Crippen LogP contribution in [0.4, 0.5) is 5.82 Å². The average molecular weight is 248 g/mol. The van der Waals surface area contributed by atoms with E-state index in [0.29, 0.717) is 0 Å². The van der Waals surface area contributed by atoms with Crippen molar-refractivity contribution in [2.45, 2.75) is 39.7 Å². The lowest BCUT2D eigenvalue weighted by atomic mass is 9.94. The molecule has 0 saturated carbocycles. The number of nitrogens with one attached hydrogen (secondary N) is 1. The summed E-state index contributed by atoms with van der Waals surface area (Å²) in [6.07, 6.45) is 7.50. The Kier molecular flexibility index (Phi) is 4.93. The number of hydrogen-bond donors (Lipinski definition) is 1. The molecule has 1 aromatic rings. The first kappa shape index (κ1) is 13.3. The van der Waals surface area contributed by atoms with E-state index in [0.717, 1.165) is 37.9 Å². The van der Waals surface area contributed by atoms with Crippen molar-refractivity contribution in [3.63, 3.8) is 0 Å². The van der Waals surface area contributed by atoms with Crippen LogP contribution in [-0.4, -0.2) is 29.6 Å². The van der Waals surface area contributed by atoms with Gasteiger partial charge in [0.1, 0.15) is 12.1 Å². The van der Waals surface area contributed by atoms with Gasteiger partial charge < -0.3 is 10.2 Å². The second-order valence-electron chi connectivity index (χ2n) is 4.99. The Bertz CT molecular complexity index is 359. The Labute approximate surface area is 110 Å². The summed E-state index contributed by atoms with van der Waals surface area (Å²) in [4.78, 5) is 11.0. The Hall–Kier alpha value is -1.16. The molecule has 18 heavy (non-hydrogen) atoms. The second kappa shape index (κ2) is 6.69. The number of aromatic nitrogens is 2. The maximum Gasteiger partial charge on any atom is 0.136 e. The maximum absolute atomic E-state index is 4.48. The summed E-state index contributed by atoms with van der Waals surface area (Å²) in [6.45, 7) is 8.52. The van der Waals surface area contributed by atoms with Gasteiger partial charge in [-0.05, 0) is 25.3 Å². The summed E-state index contributed by atoms with van der Waals surface area (Å²) < 4.78 is 0. The van der Waals surface area contributed by atoms with E-state index < -0.39 is 0 Å². The summed E-state index contributed by atoms with van der Waals surface area (Å²) in [5.74, 6) is 2.03. The highest BCUT2D eigenvalue weighted by molar-refractivity contribution is 5.45. The average Bonchev–Trinajstić information content (AvgIpc) is 2.45. The molecule has 1 fully saturated rings. The fourth-order valence-corrected chi connectivity index (χ4v) is 2.57. The van der Waals surface area contributed by atoms with Crippen LogP contribution in [0.2, 0.25) is 0 Å². The molecule has 0 spiro atoms. The largest absolute Gasteiger partial charge is 0.356 e. The summed E-state index contributed by atoms with van der Waals surface area (Å²) in [6, 6.07) is 0. The van der Waals surface area contributed by atoms with Crippen molar-refractivity contribution in [1.82, 2.24) is 15.3 Å². The summed E-state index contributed by atoms with van der Waals surface area (Å²) in [7, 11) is 0. The van der Waals surface area contributed by atoms with Gasteiger partial charge >= 0.3 is 0 Å². The van der Waals surface area contributed by atoms with Gasteiger partial charge in [-0.3, -0.25) is 0 Å². The van der Waals surface area contributed by atoms with Gasteiger partial charge in [0, 0.05) is 31.4 Å². The highest BCUT2D eigenvalue weighted by atomic mass is 15.2. The predicted molar refractivity (Wildman–Crippen MR) is 74.6 cm³/mol. The molecule has 0 amide bonds. The molecule has 4 nitrogen and oxygen atoms in total. The van der Waals surface area contributed by atoms with Gasteiger partial charge in [-0.2, -0.15) is 0 Å². The van der Waals surface area contributed by atoms with Gasteiger partial charge in [0.15, 0.2) is 0 Å². The van der Waals surface area contributed by atoms with E-state index in [1.54, 1.807) is 6.33 Å². The zero-order valence-electron chi connectivity index (χ0n) is 11.5. The third kappa shape index (κ3) is 3.19. The molecule has 100 valence electrons. The molecule has 0 aromatic carbocycles. The monoisotopic (exact) mass is 248 g/mol. The van der Waals surface area contributed by atoms with Gasteiger partial charge in [-0.15, -0.1) is 0 Å². The lowest BCUT2D eigenvalue weighted by Gasteiger charge is -2.33. The minimum Gasteiger partial charge on any atom is -0.356 e. The summed E-state index contributed by atoms with van der Waals surface area (Å²) in [5, 5.41) is 3.36. The highest BCUT2D eigenvalue weighted by Gasteiger charge is 2.20. The number of hydrogen-bond acceptors (Lipinski definition) is 4. The normalized spacial score (nSPS) is 17.1. The van der Waals surface area contributed by atoms with E-state index in [9.17, 15) is 0 Å². The summed E-state index contributed by atoms with van der Waals surface area (Å²) in [5.41, 5.74) is 1.22. The fourth-order valence-electron chi connectivity index (χ4n) is 2.57.